The van der Waals surface area contributed by atoms with Crippen LogP contribution in [0.3, 0.4) is 0 Å². The first-order valence-corrected chi connectivity index (χ1v) is 6.90. The van der Waals surface area contributed by atoms with E-state index in [9.17, 15) is 4.79 Å². The summed E-state index contributed by atoms with van der Waals surface area (Å²) in [5, 5.41) is 8.84. The Kier molecular flexibility index (Phi) is 4.68. The van der Waals surface area contributed by atoms with Crippen molar-refractivity contribution in [2.24, 2.45) is 0 Å². The fourth-order valence-corrected chi connectivity index (χ4v) is 2.20. The minimum absolute atomic E-state index is 0.489. The summed E-state index contributed by atoms with van der Waals surface area (Å²) in [5.74, 6) is -0.834. The molecule has 3 nitrogen and oxygen atoms in total. The molecule has 0 aliphatic rings. The summed E-state index contributed by atoms with van der Waals surface area (Å²) in [5.41, 5.74) is 3.37. The molecule has 0 aliphatic carbocycles. The standard InChI is InChI=1S/C15H14BrNO2/c16-14(15(18)19)9-12-5-3-11(4-6-12)8-13-2-1-7-17-10-13/h1-7,10,14H,8-9H2,(H,18,19). The predicted molar refractivity (Wildman–Crippen MR) is 77.5 cm³/mol. The number of nitrogens with zero attached hydrogens (tertiary/aromatic N) is 1. The molecule has 1 atom stereocenters. The number of benzene rings is 1. The number of hydrogen-bond acceptors (Lipinski definition) is 2. The molecule has 0 radical (unpaired) electrons. The quantitative estimate of drug-likeness (QED) is 0.862. The van der Waals surface area contributed by atoms with E-state index in [2.05, 4.69) is 20.9 Å². The van der Waals surface area contributed by atoms with Gasteiger partial charge in [-0.1, -0.05) is 46.3 Å². The van der Waals surface area contributed by atoms with Crippen LogP contribution in [0.2, 0.25) is 0 Å². The number of rotatable bonds is 5. The third-order valence-electron chi connectivity index (χ3n) is 2.84. The number of halogens is 1. The number of aromatic nitrogens is 1. The Hall–Kier alpha value is -1.68. The van der Waals surface area contributed by atoms with E-state index in [1.807, 2.05) is 42.6 Å². The lowest BCUT2D eigenvalue weighted by molar-refractivity contribution is -0.136. The van der Waals surface area contributed by atoms with E-state index in [-0.39, 0.29) is 0 Å². The first kappa shape index (κ1) is 13.7. The van der Waals surface area contributed by atoms with E-state index in [0.717, 1.165) is 12.0 Å². The Balaban J connectivity index is 2.01. The number of carbonyl (C=O) groups is 1. The Morgan fingerprint density at radius 2 is 1.84 bits per heavy atom. The van der Waals surface area contributed by atoms with Crippen molar-refractivity contribution in [2.45, 2.75) is 17.7 Å². The monoisotopic (exact) mass is 319 g/mol. The van der Waals surface area contributed by atoms with Crippen LogP contribution in [-0.2, 0) is 17.6 Å². The first-order valence-electron chi connectivity index (χ1n) is 5.99. The highest BCUT2D eigenvalue weighted by Gasteiger charge is 2.13. The molecule has 4 heteroatoms. The van der Waals surface area contributed by atoms with Crippen LogP contribution in [0.5, 0.6) is 0 Å². The third kappa shape index (κ3) is 4.17. The van der Waals surface area contributed by atoms with Crippen molar-refractivity contribution in [3.05, 3.63) is 65.5 Å². The molecule has 2 aromatic rings. The van der Waals surface area contributed by atoms with Gasteiger partial charge in [-0.15, -0.1) is 0 Å². The van der Waals surface area contributed by atoms with Crippen LogP contribution in [0, 0.1) is 0 Å². The lowest BCUT2D eigenvalue weighted by Crippen LogP contribution is -2.15. The number of hydrogen-bond donors (Lipinski definition) is 1. The second-order valence-electron chi connectivity index (χ2n) is 4.36. The highest BCUT2D eigenvalue weighted by molar-refractivity contribution is 9.10. The molecule has 0 amide bonds. The molecule has 0 saturated heterocycles. The van der Waals surface area contributed by atoms with Gasteiger partial charge in [0, 0.05) is 12.4 Å². The summed E-state index contributed by atoms with van der Waals surface area (Å²) in [6.45, 7) is 0. The summed E-state index contributed by atoms with van der Waals surface area (Å²) < 4.78 is 0. The van der Waals surface area contributed by atoms with Gasteiger partial charge in [0.15, 0.2) is 0 Å². The van der Waals surface area contributed by atoms with Gasteiger partial charge in [-0.25, -0.2) is 0 Å². The van der Waals surface area contributed by atoms with Gasteiger partial charge in [0.25, 0.3) is 0 Å². The van der Waals surface area contributed by atoms with Gasteiger partial charge in [-0.2, -0.15) is 0 Å². The Bertz CT molecular complexity index is 540. The summed E-state index contributed by atoms with van der Waals surface area (Å²) in [6.07, 6.45) is 4.94. The first-order chi connectivity index (χ1) is 9.15. The molecule has 1 unspecified atom stereocenters. The molecule has 0 saturated carbocycles. The highest BCUT2D eigenvalue weighted by Crippen LogP contribution is 2.14. The summed E-state index contributed by atoms with van der Waals surface area (Å²) in [4.78, 5) is 14.3. The number of carboxylic acid groups (broad SMARTS) is 1. The van der Waals surface area contributed by atoms with E-state index in [0.29, 0.717) is 6.42 Å². The van der Waals surface area contributed by atoms with Crippen molar-refractivity contribution >= 4 is 21.9 Å². The van der Waals surface area contributed by atoms with Crippen LogP contribution in [0.1, 0.15) is 16.7 Å². The average Bonchev–Trinajstić information content (AvgIpc) is 2.42. The molecule has 0 bridgehead atoms. The molecule has 2 rings (SSSR count). The van der Waals surface area contributed by atoms with Gasteiger partial charge in [-0.3, -0.25) is 9.78 Å². The molecule has 1 N–H and O–H groups in total. The fourth-order valence-electron chi connectivity index (χ4n) is 1.83. The van der Waals surface area contributed by atoms with Crippen LogP contribution in [0.15, 0.2) is 48.8 Å². The van der Waals surface area contributed by atoms with E-state index in [4.69, 9.17) is 5.11 Å². The van der Waals surface area contributed by atoms with Gasteiger partial charge in [0.1, 0.15) is 4.83 Å². The average molecular weight is 320 g/mol. The molecule has 1 heterocycles. The van der Waals surface area contributed by atoms with Crippen LogP contribution in [0.25, 0.3) is 0 Å². The lowest BCUT2D eigenvalue weighted by atomic mass is 10.0. The molecular weight excluding hydrogens is 306 g/mol. The molecule has 0 aliphatic heterocycles. The van der Waals surface area contributed by atoms with E-state index >= 15 is 0 Å². The Morgan fingerprint density at radius 3 is 2.42 bits per heavy atom. The van der Waals surface area contributed by atoms with Crippen molar-refractivity contribution in [1.82, 2.24) is 4.98 Å². The normalized spacial score (nSPS) is 12.1. The van der Waals surface area contributed by atoms with Crippen molar-refractivity contribution in [1.29, 1.82) is 0 Å². The molecule has 19 heavy (non-hydrogen) atoms. The maximum Gasteiger partial charge on any atom is 0.317 e. The molecule has 1 aromatic heterocycles. The van der Waals surface area contributed by atoms with E-state index in [1.165, 1.54) is 11.1 Å². The Morgan fingerprint density at radius 1 is 1.16 bits per heavy atom. The predicted octanol–water partition coefficient (Wildman–Crippen LogP) is 3.06. The summed E-state index contributed by atoms with van der Waals surface area (Å²) in [6, 6.07) is 12.0. The van der Waals surface area contributed by atoms with Crippen molar-refractivity contribution in [3.63, 3.8) is 0 Å². The van der Waals surface area contributed by atoms with Crippen LogP contribution in [-0.4, -0.2) is 20.9 Å². The van der Waals surface area contributed by atoms with Crippen molar-refractivity contribution < 1.29 is 9.90 Å². The second kappa shape index (κ2) is 6.48. The Labute approximate surface area is 120 Å². The van der Waals surface area contributed by atoms with Gasteiger partial charge < -0.3 is 5.11 Å². The van der Waals surface area contributed by atoms with Gasteiger partial charge in [-0.05, 0) is 35.6 Å². The van der Waals surface area contributed by atoms with Gasteiger partial charge in [0.05, 0.1) is 0 Å². The molecule has 0 spiro atoms. The smallest absolute Gasteiger partial charge is 0.317 e. The summed E-state index contributed by atoms with van der Waals surface area (Å²) in [7, 11) is 0. The second-order valence-corrected chi connectivity index (χ2v) is 5.47. The maximum absolute atomic E-state index is 10.8. The largest absolute Gasteiger partial charge is 0.480 e. The highest BCUT2D eigenvalue weighted by atomic mass is 79.9. The van der Waals surface area contributed by atoms with Gasteiger partial charge in [0.2, 0.25) is 0 Å². The number of aliphatic carboxylic acids is 1. The number of alkyl halides is 1. The van der Waals surface area contributed by atoms with Crippen molar-refractivity contribution in [2.75, 3.05) is 0 Å². The molecular formula is C15H14BrNO2. The third-order valence-corrected chi connectivity index (χ3v) is 3.55. The molecule has 0 fully saturated rings. The van der Waals surface area contributed by atoms with E-state index in [1.54, 1.807) is 6.20 Å². The fraction of sp³-hybridized carbons (Fsp3) is 0.200. The van der Waals surface area contributed by atoms with Crippen LogP contribution < -0.4 is 0 Å². The zero-order chi connectivity index (χ0) is 13.7. The van der Waals surface area contributed by atoms with Crippen molar-refractivity contribution in [3.8, 4) is 0 Å². The maximum atomic E-state index is 10.8. The zero-order valence-electron chi connectivity index (χ0n) is 10.3. The van der Waals surface area contributed by atoms with E-state index < -0.39 is 10.8 Å². The molecule has 98 valence electrons. The minimum atomic E-state index is -0.834. The SMILES string of the molecule is O=C(O)C(Br)Cc1ccc(Cc2cccnc2)cc1. The zero-order valence-corrected chi connectivity index (χ0v) is 11.9. The summed E-state index contributed by atoms with van der Waals surface area (Å²) >= 11 is 3.14. The topological polar surface area (TPSA) is 50.2 Å². The van der Waals surface area contributed by atoms with Gasteiger partial charge >= 0.3 is 5.97 Å². The number of pyridine rings is 1. The molecule has 1 aromatic carbocycles. The number of carboxylic acids is 1. The minimum Gasteiger partial charge on any atom is -0.480 e. The van der Waals surface area contributed by atoms with Crippen LogP contribution >= 0.6 is 15.9 Å². The van der Waals surface area contributed by atoms with Crippen LogP contribution in [0.4, 0.5) is 0 Å². The lowest BCUT2D eigenvalue weighted by Gasteiger charge is -2.06.